The molecule has 1 amide bonds. The first-order valence-corrected chi connectivity index (χ1v) is 8.32. The number of carboxylic acids is 1. The summed E-state index contributed by atoms with van der Waals surface area (Å²) in [5.74, 6) is -0.809. The summed E-state index contributed by atoms with van der Waals surface area (Å²) in [5, 5.41) is 11.9. The van der Waals surface area contributed by atoms with E-state index in [2.05, 4.69) is 10.1 Å². The highest BCUT2D eigenvalue weighted by atomic mass is 32.2. The lowest BCUT2D eigenvalue weighted by molar-refractivity contribution is -0.274. The molecule has 1 saturated heterocycles. The van der Waals surface area contributed by atoms with Crippen molar-refractivity contribution in [3.05, 3.63) is 29.8 Å². The van der Waals surface area contributed by atoms with E-state index in [9.17, 15) is 27.9 Å². The topological polar surface area (TPSA) is 75.6 Å². The number of hydrogen-bond acceptors (Lipinski definition) is 4. The Hall–Kier alpha value is -1.90. The molecule has 9 heteroatoms. The fourth-order valence-corrected chi connectivity index (χ4v) is 3.65. The number of halogens is 3. The first-order valence-electron chi connectivity index (χ1n) is 7.17. The lowest BCUT2D eigenvalue weighted by Gasteiger charge is -2.33. The van der Waals surface area contributed by atoms with Gasteiger partial charge in [-0.3, -0.25) is 4.79 Å². The highest BCUT2D eigenvalue weighted by molar-refractivity contribution is 7.99. The van der Waals surface area contributed by atoms with Crippen LogP contribution in [0.3, 0.4) is 0 Å². The fourth-order valence-electron chi connectivity index (χ4n) is 2.46. The van der Waals surface area contributed by atoms with Crippen molar-refractivity contribution >= 4 is 23.6 Å². The molecule has 1 fully saturated rings. The highest BCUT2D eigenvalue weighted by Gasteiger charge is 2.41. The summed E-state index contributed by atoms with van der Waals surface area (Å²) in [5.41, 5.74) is -0.998. The number of nitrogens with one attached hydrogen (secondary N) is 1. The molecule has 0 unspecified atom stereocenters. The van der Waals surface area contributed by atoms with Gasteiger partial charge in [-0.05, 0) is 42.0 Å². The zero-order valence-electron chi connectivity index (χ0n) is 12.6. The van der Waals surface area contributed by atoms with Crippen molar-refractivity contribution in [3.8, 4) is 5.75 Å². The Bertz CT molecular complexity index is 615. The maximum Gasteiger partial charge on any atom is 0.573 e. The molecule has 2 N–H and O–H groups in total. The molecule has 2 rings (SSSR count). The molecule has 1 aromatic carbocycles. The Labute approximate surface area is 140 Å². The SMILES string of the molecule is O=C(Cc1cccc(OC(F)(F)F)c1)NC1(C(=O)O)CCSCC1. The molecule has 0 spiro atoms. The van der Waals surface area contributed by atoms with Gasteiger partial charge in [0.2, 0.25) is 5.91 Å². The van der Waals surface area contributed by atoms with Crippen molar-refractivity contribution in [2.45, 2.75) is 31.2 Å². The van der Waals surface area contributed by atoms with Gasteiger partial charge in [-0.1, -0.05) is 12.1 Å². The Kier molecular flexibility index (Phi) is 5.63. The van der Waals surface area contributed by atoms with Crippen LogP contribution in [0.2, 0.25) is 0 Å². The molecule has 0 aliphatic carbocycles. The van der Waals surface area contributed by atoms with Crippen LogP contribution in [0.25, 0.3) is 0 Å². The summed E-state index contributed by atoms with van der Waals surface area (Å²) in [4.78, 5) is 23.6. The molecule has 132 valence electrons. The summed E-state index contributed by atoms with van der Waals surface area (Å²) < 4.78 is 40.4. The molecule has 0 aromatic heterocycles. The number of amides is 1. The molecule has 0 atom stereocenters. The largest absolute Gasteiger partial charge is 0.573 e. The van der Waals surface area contributed by atoms with Crippen LogP contribution >= 0.6 is 11.8 Å². The first-order chi connectivity index (χ1) is 11.2. The summed E-state index contributed by atoms with van der Waals surface area (Å²) in [6.07, 6.45) is -4.41. The van der Waals surface area contributed by atoms with Crippen molar-refractivity contribution in [3.63, 3.8) is 0 Å². The lowest BCUT2D eigenvalue weighted by atomic mass is 9.92. The minimum Gasteiger partial charge on any atom is -0.480 e. The number of carbonyl (C=O) groups excluding carboxylic acids is 1. The molecule has 0 radical (unpaired) electrons. The number of carbonyl (C=O) groups is 2. The van der Waals surface area contributed by atoms with Crippen molar-refractivity contribution in [2.24, 2.45) is 0 Å². The molecule has 1 aliphatic heterocycles. The van der Waals surface area contributed by atoms with Crippen LogP contribution in [-0.2, 0) is 16.0 Å². The van der Waals surface area contributed by atoms with Gasteiger partial charge in [-0.25, -0.2) is 4.79 Å². The standard InChI is InChI=1S/C15H16F3NO4S/c16-15(17,18)23-11-3-1-2-10(8-11)9-12(20)19-14(13(21)22)4-6-24-7-5-14/h1-3,8H,4-7,9H2,(H,19,20)(H,21,22). The lowest BCUT2D eigenvalue weighted by Crippen LogP contribution is -2.56. The Morgan fingerprint density at radius 1 is 1.29 bits per heavy atom. The molecule has 24 heavy (non-hydrogen) atoms. The van der Waals surface area contributed by atoms with E-state index >= 15 is 0 Å². The van der Waals surface area contributed by atoms with Gasteiger partial charge in [0.05, 0.1) is 6.42 Å². The second-order valence-electron chi connectivity index (χ2n) is 5.42. The minimum atomic E-state index is -4.81. The number of thioether (sulfide) groups is 1. The maximum atomic E-state index is 12.2. The van der Waals surface area contributed by atoms with Gasteiger partial charge in [0.25, 0.3) is 0 Å². The molecular formula is C15H16F3NO4S. The van der Waals surface area contributed by atoms with Crippen molar-refractivity contribution in [1.82, 2.24) is 5.32 Å². The van der Waals surface area contributed by atoms with E-state index < -0.39 is 29.5 Å². The predicted molar refractivity (Wildman–Crippen MR) is 81.9 cm³/mol. The highest BCUT2D eigenvalue weighted by Crippen LogP contribution is 2.28. The molecule has 5 nitrogen and oxygen atoms in total. The number of rotatable bonds is 5. The third-order valence-electron chi connectivity index (χ3n) is 3.63. The molecule has 1 heterocycles. The smallest absolute Gasteiger partial charge is 0.480 e. The summed E-state index contributed by atoms with van der Waals surface area (Å²) in [6, 6.07) is 5.06. The van der Waals surface area contributed by atoms with Crippen LogP contribution in [0, 0.1) is 0 Å². The van der Waals surface area contributed by atoms with E-state index in [1.165, 1.54) is 12.1 Å². The van der Waals surface area contributed by atoms with Crippen LogP contribution in [0.15, 0.2) is 24.3 Å². The van der Waals surface area contributed by atoms with Gasteiger partial charge in [0.15, 0.2) is 0 Å². The number of aliphatic carboxylic acids is 1. The third-order valence-corrected chi connectivity index (χ3v) is 4.62. The minimum absolute atomic E-state index is 0.225. The zero-order chi connectivity index (χ0) is 17.8. The summed E-state index contributed by atoms with van der Waals surface area (Å²) >= 11 is 1.62. The maximum absolute atomic E-state index is 12.2. The Morgan fingerprint density at radius 3 is 2.54 bits per heavy atom. The average Bonchev–Trinajstić information content (AvgIpc) is 2.46. The average molecular weight is 363 g/mol. The monoisotopic (exact) mass is 363 g/mol. The van der Waals surface area contributed by atoms with Gasteiger partial charge in [0.1, 0.15) is 11.3 Å². The van der Waals surface area contributed by atoms with E-state index in [1.54, 1.807) is 11.8 Å². The zero-order valence-corrected chi connectivity index (χ0v) is 13.4. The van der Waals surface area contributed by atoms with Gasteiger partial charge in [-0.2, -0.15) is 11.8 Å². The van der Waals surface area contributed by atoms with Crippen LogP contribution < -0.4 is 10.1 Å². The van der Waals surface area contributed by atoms with E-state index in [4.69, 9.17) is 0 Å². The first kappa shape index (κ1) is 18.4. The van der Waals surface area contributed by atoms with Gasteiger partial charge in [0, 0.05) is 0 Å². The number of carboxylic acid groups (broad SMARTS) is 1. The molecule has 1 aromatic rings. The second-order valence-corrected chi connectivity index (χ2v) is 6.64. The van der Waals surface area contributed by atoms with Crippen molar-refractivity contribution in [2.75, 3.05) is 11.5 Å². The number of ether oxygens (including phenoxy) is 1. The predicted octanol–water partition coefficient (Wildman–Crippen LogP) is 2.59. The normalized spacial score (nSPS) is 17.1. The quantitative estimate of drug-likeness (QED) is 0.841. The van der Waals surface area contributed by atoms with Crippen LogP contribution in [0.4, 0.5) is 13.2 Å². The van der Waals surface area contributed by atoms with E-state index in [0.29, 0.717) is 29.9 Å². The Morgan fingerprint density at radius 2 is 1.96 bits per heavy atom. The summed E-state index contributed by atoms with van der Waals surface area (Å²) in [6.45, 7) is 0. The Balaban J connectivity index is 2.04. The van der Waals surface area contributed by atoms with E-state index in [-0.39, 0.29) is 6.42 Å². The van der Waals surface area contributed by atoms with Crippen LogP contribution in [-0.4, -0.2) is 40.4 Å². The van der Waals surface area contributed by atoms with Crippen LogP contribution in [0.1, 0.15) is 18.4 Å². The second kappa shape index (κ2) is 7.33. The molecule has 1 aliphatic rings. The van der Waals surface area contributed by atoms with Crippen molar-refractivity contribution < 1.29 is 32.6 Å². The van der Waals surface area contributed by atoms with Crippen LogP contribution in [0.5, 0.6) is 5.75 Å². The fraction of sp³-hybridized carbons (Fsp3) is 0.467. The molecule has 0 saturated carbocycles. The van der Waals surface area contributed by atoms with Gasteiger partial charge >= 0.3 is 12.3 Å². The number of alkyl halides is 3. The molecule has 0 bridgehead atoms. The van der Waals surface area contributed by atoms with Gasteiger partial charge < -0.3 is 15.2 Å². The van der Waals surface area contributed by atoms with Gasteiger partial charge in [-0.15, -0.1) is 13.2 Å². The molecular weight excluding hydrogens is 347 g/mol. The van der Waals surface area contributed by atoms with E-state index in [0.717, 1.165) is 12.1 Å². The summed E-state index contributed by atoms with van der Waals surface area (Å²) in [7, 11) is 0. The number of hydrogen-bond donors (Lipinski definition) is 2. The third kappa shape index (κ3) is 5.05. The van der Waals surface area contributed by atoms with E-state index in [1.807, 2.05) is 0 Å². The number of benzene rings is 1. The van der Waals surface area contributed by atoms with Crippen molar-refractivity contribution in [1.29, 1.82) is 0 Å².